The van der Waals surface area contributed by atoms with E-state index in [1.54, 1.807) is 12.1 Å². The van der Waals surface area contributed by atoms with Crippen LogP contribution in [0.2, 0.25) is 15.1 Å². The van der Waals surface area contributed by atoms with Crippen molar-refractivity contribution in [3.05, 3.63) is 32.1 Å². The molecule has 1 aliphatic rings. The van der Waals surface area contributed by atoms with Gasteiger partial charge < -0.3 is 11.1 Å². The average Bonchev–Trinajstić information content (AvgIpc) is 3.20. The number of nitrogens with two attached hydrogens (primary N) is 1. The predicted molar refractivity (Wildman–Crippen MR) is 89.9 cm³/mol. The molecule has 1 saturated carbocycles. The van der Waals surface area contributed by atoms with E-state index in [2.05, 4.69) is 5.32 Å². The van der Waals surface area contributed by atoms with Gasteiger partial charge in [0.2, 0.25) is 0 Å². The number of halogens is 3. The van der Waals surface area contributed by atoms with Gasteiger partial charge in [-0.2, -0.15) is 0 Å². The van der Waals surface area contributed by atoms with E-state index in [9.17, 15) is 4.79 Å². The number of hydrogen-bond acceptors (Lipinski definition) is 3. The zero-order valence-corrected chi connectivity index (χ0v) is 14.0. The number of fused-ring (bicyclic) bond motifs is 1. The molecule has 1 unspecified atom stereocenters. The number of rotatable bonds is 4. The maximum absolute atomic E-state index is 12.3. The van der Waals surface area contributed by atoms with Gasteiger partial charge in [-0.05, 0) is 30.9 Å². The topological polar surface area (TPSA) is 55.1 Å². The number of thiophene rings is 1. The molecule has 112 valence electrons. The molecule has 1 heterocycles. The van der Waals surface area contributed by atoms with Crippen LogP contribution in [-0.4, -0.2) is 18.5 Å². The molecule has 3 rings (SSSR count). The molecule has 0 spiro atoms. The van der Waals surface area contributed by atoms with Crippen molar-refractivity contribution in [2.24, 2.45) is 11.7 Å². The van der Waals surface area contributed by atoms with Crippen LogP contribution in [0.15, 0.2) is 12.1 Å². The SMILES string of the molecule is NC(CNC(=O)c1sc2cc(Cl)cc(Cl)c2c1Cl)C1CC1. The second-order valence-corrected chi connectivity index (χ2v) is 7.49. The van der Waals surface area contributed by atoms with Crippen molar-refractivity contribution >= 4 is 62.1 Å². The maximum atomic E-state index is 12.3. The maximum Gasteiger partial charge on any atom is 0.262 e. The van der Waals surface area contributed by atoms with Crippen molar-refractivity contribution in [3.63, 3.8) is 0 Å². The lowest BCUT2D eigenvalue weighted by Gasteiger charge is -2.10. The number of benzene rings is 1. The summed E-state index contributed by atoms with van der Waals surface area (Å²) < 4.78 is 0.800. The Hall–Kier alpha value is -0.520. The molecule has 3 nitrogen and oxygen atoms in total. The van der Waals surface area contributed by atoms with Gasteiger partial charge in [0.05, 0.1) is 10.0 Å². The van der Waals surface area contributed by atoms with Gasteiger partial charge in [0.25, 0.3) is 5.91 Å². The van der Waals surface area contributed by atoms with Crippen molar-refractivity contribution in [1.82, 2.24) is 5.32 Å². The highest BCUT2D eigenvalue weighted by atomic mass is 35.5. The van der Waals surface area contributed by atoms with E-state index in [0.29, 0.717) is 37.8 Å². The summed E-state index contributed by atoms with van der Waals surface area (Å²) in [6, 6.07) is 3.39. The Morgan fingerprint density at radius 3 is 2.76 bits per heavy atom. The highest BCUT2D eigenvalue weighted by Gasteiger charge is 2.29. The normalized spacial score (nSPS) is 16.2. The molecule has 3 N–H and O–H groups in total. The van der Waals surface area contributed by atoms with E-state index >= 15 is 0 Å². The minimum atomic E-state index is -0.218. The molecule has 0 radical (unpaired) electrons. The molecule has 1 amide bonds. The lowest BCUT2D eigenvalue weighted by molar-refractivity contribution is 0.0954. The minimum Gasteiger partial charge on any atom is -0.350 e. The predicted octanol–water partition coefficient (Wildman–Crippen LogP) is 4.33. The van der Waals surface area contributed by atoms with Crippen LogP contribution < -0.4 is 11.1 Å². The van der Waals surface area contributed by atoms with E-state index in [1.165, 1.54) is 11.3 Å². The van der Waals surface area contributed by atoms with Crippen molar-refractivity contribution < 1.29 is 4.79 Å². The van der Waals surface area contributed by atoms with Gasteiger partial charge in [-0.3, -0.25) is 4.79 Å². The summed E-state index contributed by atoms with van der Waals surface area (Å²) in [5.74, 6) is 0.320. The lowest BCUT2D eigenvalue weighted by atomic mass is 10.2. The van der Waals surface area contributed by atoms with Gasteiger partial charge in [-0.1, -0.05) is 34.8 Å². The first-order valence-corrected chi connectivity index (χ1v) is 8.53. The zero-order chi connectivity index (χ0) is 15.1. The van der Waals surface area contributed by atoms with Crippen molar-refractivity contribution in [3.8, 4) is 0 Å². The molecule has 1 aromatic carbocycles. The van der Waals surface area contributed by atoms with E-state index in [0.717, 1.165) is 17.5 Å². The molecule has 21 heavy (non-hydrogen) atoms. The summed E-state index contributed by atoms with van der Waals surface area (Å²) in [6.07, 6.45) is 2.30. The Morgan fingerprint density at radius 2 is 2.10 bits per heavy atom. The van der Waals surface area contributed by atoms with Crippen molar-refractivity contribution in [1.29, 1.82) is 0 Å². The molecule has 0 aliphatic heterocycles. The first-order valence-electron chi connectivity index (χ1n) is 6.58. The first-order chi connectivity index (χ1) is 9.97. The van der Waals surface area contributed by atoms with Gasteiger partial charge >= 0.3 is 0 Å². The number of nitrogens with one attached hydrogen (secondary N) is 1. The minimum absolute atomic E-state index is 0.0140. The van der Waals surface area contributed by atoms with Gasteiger partial charge in [-0.15, -0.1) is 11.3 Å². The smallest absolute Gasteiger partial charge is 0.262 e. The molecule has 7 heteroatoms. The zero-order valence-electron chi connectivity index (χ0n) is 11.0. The number of amides is 1. The van der Waals surface area contributed by atoms with Crippen LogP contribution in [0.3, 0.4) is 0 Å². The second-order valence-electron chi connectivity index (χ2n) is 5.22. The summed E-state index contributed by atoms with van der Waals surface area (Å²) in [6.45, 7) is 0.461. The monoisotopic (exact) mass is 362 g/mol. The highest BCUT2D eigenvalue weighted by Crippen LogP contribution is 2.41. The van der Waals surface area contributed by atoms with Crippen LogP contribution in [0.25, 0.3) is 10.1 Å². The third kappa shape index (κ3) is 3.15. The standard InChI is InChI=1S/C14H13Cl3N2OS/c15-7-3-8(16)11-10(4-7)21-13(12(11)17)14(20)19-5-9(18)6-1-2-6/h3-4,6,9H,1-2,5,18H2,(H,19,20). The van der Waals surface area contributed by atoms with Crippen LogP contribution in [0.1, 0.15) is 22.5 Å². The van der Waals surface area contributed by atoms with Gasteiger partial charge in [0.1, 0.15) is 4.88 Å². The molecule has 1 fully saturated rings. The van der Waals surface area contributed by atoms with E-state index < -0.39 is 0 Å². The van der Waals surface area contributed by atoms with Gasteiger partial charge in [0, 0.05) is 27.7 Å². The van der Waals surface area contributed by atoms with Crippen molar-refractivity contribution in [2.75, 3.05) is 6.54 Å². The third-order valence-electron chi connectivity index (χ3n) is 3.58. The Balaban J connectivity index is 1.84. The van der Waals surface area contributed by atoms with Crippen LogP contribution in [0, 0.1) is 5.92 Å². The number of carbonyl (C=O) groups excluding carboxylic acids is 1. The highest BCUT2D eigenvalue weighted by molar-refractivity contribution is 7.21. The van der Waals surface area contributed by atoms with E-state index in [-0.39, 0.29) is 11.9 Å². The van der Waals surface area contributed by atoms with Gasteiger partial charge in [0.15, 0.2) is 0 Å². The van der Waals surface area contributed by atoms with Gasteiger partial charge in [-0.25, -0.2) is 0 Å². The van der Waals surface area contributed by atoms with Crippen LogP contribution in [-0.2, 0) is 0 Å². The summed E-state index contributed by atoms with van der Waals surface area (Å²) in [4.78, 5) is 12.7. The van der Waals surface area contributed by atoms with Crippen LogP contribution in [0.4, 0.5) is 0 Å². The van der Waals surface area contributed by atoms with E-state index in [1.807, 2.05) is 0 Å². The molecule has 1 aliphatic carbocycles. The fourth-order valence-corrected chi connectivity index (χ4v) is 4.53. The molecular weight excluding hydrogens is 351 g/mol. The largest absolute Gasteiger partial charge is 0.350 e. The second kappa shape index (κ2) is 5.94. The number of hydrogen-bond donors (Lipinski definition) is 2. The summed E-state index contributed by atoms with van der Waals surface area (Å²) in [7, 11) is 0. The number of carbonyl (C=O) groups is 1. The first kappa shape index (κ1) is 15.4. The fraction of sp³-hybridized carbons (Fsp3) is 0.357. The summed E-state index contributed by atoms with van der Waals surface area (Å²) >= 11 is 19.7. The molecule has 0 bridgehead atoms. The molecule has 1 aromatic heterocycles. The summed E-state index contributed by atoms with van der Waals surface area (Å²) in [5, 5.41) is 4.85. The molecule has 0 saturated heterocycles. The Labute approximate surface area is 141 Å². The van der Waals surface area contributed by atoms with Crippen LogP contribution >= 0.6 is 46.1 Å². The molecular formula is C14H13Cl3N2OS. The molecule has 1 atom stereocenters. The quantitative estimate of drug-likeness (QED) is 0.849. The fourth-order valence-electron chi connectivity index (χ4n) is 2.24. The lowest BCUT2D eigenvalue weighted by Crippen LogP contribution is -2.38. The molecule has 2 aromatic rings. The average molecular weight is 364 g/mol. The Bertz CT molecular complexity index is 712. The Morgan fingerprint density at radius 1 is 1.38 bits per heavy atom. The van der Waals surface area contributed by atoms with Crippen LogP contribution in [0.5, 0.6) is 0 Å². The van der Waals surface area contributed by atoms with Crippen molar-refractivity contribution in [2.45, 2.75) is 18.9 Å². The third-order valence-corrected chi connectivity index (χ3v) is 5.72. The summed E-state index contributed by atoms with van der Waals surface area (Å²) in [5.41, 5.74) is 5.98. The van der Waals surface area contributed by atoms with E-state index in [4.69, 9.17) is 40.5 Å². The Kier molecular flexibility index (Phi) is 4.35.